The van der Waals surface area contributed by atoms with Crippen LogP contribution in [0, 0.1) is 18.3 Å². The number of hydrogen-bond acceptors (Lipinski definition) is 4. The molecule has 0 aliphatic heterocycles. The van der Waals surface area contributed by atoms with Crippen LogP contribution < -0.4 is 0 Å². The Labute approximate surface area is 93.9 Å². The first-order valence-corrected chi connectivity index (χ1v) is 4.92. The van der Waals surface area contributed by atoms with Crippen molar-refractivity contribution in [3.8, 4) is 6.07 Å². The molecule has 0 unspecified atom stereocenters. The average molecular weight is 222 g/mol. The van der Waals surface area contributed by atoms with Gasteiger partial charge in [-0.15, -0.1) is 0 Å². The van der Waals surface area contributed by atoms with Crippen LogP contribution in [-0.2, 0) is 6.54 Å². The molecule has 0 fully saturated rings. The van der Waals surface area contributed by atoms with Crippen LogP contribution in [0.3, 0.4) is 0 Å². The number of aryl methyl sites for hydroxylation is 1. The highest BCUT2D eigenvalue weighted by Gasteiger charge is 2.13. The fourth-order valence-electron chi connectivity index (χ4n) is 1.39. The zero-order valence-electron chi connectivity index (χ0n) is 9.36. The van der Waals surface area contributed by atoms with Gasteiger partial charge in [-0.25, -0.2) is 4.79 Å². The number of rotatable bonds is 5. The van der Waals surface area contributed by atoms with Crippen molar-refractivity contribution in [2.45, 2.75) is 19.9 Å². The number of nitriles is 1. The minimum atomic E-state index is -1.06. The summed E-state index contributed by atoms with van der Waals surface area (Å²) in [5.74, 6) is -0.489. The Morgan fingerprint density at radius 1 is 1.69 bits per heavy atom. The summed E-state index contributed by atoms with van der Waals surface area (Å²) in [5, 5.41) is 17.2. The lowest BCUT2D eigenvalue weighted by Gasteiger charge is -2.13. The lowest BCUT2D eigenvalue weighted by Crippen LogP contribution is -2.18. The Bertz CT molecular complexity index is 417. The maximum absolute atomic E-state index is 10.7. The molecule has 0 bridgehead atoms. The van der Waals surface area contributed by atoms with E-state index in [0.29, 0.717) is 25.3 Å². The smallest absolute Gasteiger partial charge is 0.371 e. The zero-order valence-corrected chi connectivity index (χ0v) is 9.36. The maximum atomic E-state index is 10.7. The third-order valence-electron chi connectivity index (χ3n) is 2.28. The van der Waals surface area contributed by atoms with Gasteiger partial charge in [-0.05, 0) is 20.0 Å². The molecule has 1 aromatic heterocycles. The Balaban J connectivity index is 2.67. The molecule has 0 amide bonds. The second-order valence-corrected chi connectivity index (χ2v) is 3.64. The van der Waals surface area contributed by atoms with E-state index >= 15 is 0 Å². The van der Waals surface area contributed by atoms with Crippen molar-refractivity contribution in [2.75, 3.05) is 13.6 Å². The highest BCUT2D eigenvalue weighted by molar-refractivity contribution is 5.84. The predicted molar refractivity (Wildman–Crippen MR) is 57.0 cm³/mol. The molecule has 0 aliphatic rings. The maximum Gasteiger partial charge on any atom is 0.371 e. The minimum absolute atomic E-state index is 0.0406. The predicted octanol–water partition coefficient (Wildman–Crippen LogP) is 1.63. The number of carboxylic acids is 1. The van der Waals surface area contributed by atoms with Crippen LogP contribution in [0.2, 0.25) is 0 Å². The van der Waals surface area contributed by atoms with Crippen molar-refractivity contribution in [3.05, 3.63) is 23.2 Å². The molecule has 0 saturated heterocycles. The van der Waals surface area contributed by atoms with Gasteiger partial charge in [-0.2, -0.15) is 5.26 Å². The molecule has 1 rings (SSSR count). The number of nitrogens with zero attached hydrogens (tertiary/aromatic N) is 2. The van der Waals surface area contributed by atoms with Crippen LogP contribution in [-0.4, -0.2) is 29.6 Å². The van der Waals surface area contributed by atoms with Gasteiger partial charge in [-0.3, -0.25) is 0 Å². The van der Waals surface area contributed by atoms with Crippen LogP contribution in [0.15, 0.2) is 10.5 Å². The van der Waals surface area contributed by atoms with Gasteiger partial charge >= 0.3 is 5.97 Å². The molecule has 1 N–H and O–H groups in total. The summed E-state index contributed by atoms with van der Waals surface area (Å²) in [6, 6.07) is 3.59. The van der Waals surface area contributed by atoms with E-state index in [2.05, 4.69) is 6.07 Å². The first-order chi connectivity index (χ1) is 7.54. The first kappa shape index (κ1) is 12.3. The summed E-state index contributed by atoms with van der Waals surface area (Å²) >= 11 is 0. The molecule has 0 saturated carbocycles. The Kier molecular flexibility index (Phi) is 4.09. The molecule has 1 heterocycles. The van der Waals surface area contributed by atoms with Crippen molar-refractivity contribution < 1.29 is 14.3 Å². The van der Waals surface area contributed by atoms with Crippen molar-refractivity contribution in [1.82, 2.24) is 4.90 Å². The molecule has 0 spiro atoms. The van der Waals surface area contributed by atoms with Gasteiger partial charge in [0, 0.05) is 25.1 Å². The summed E-state index contributed by atoms with van der Waals surface area (Å²) in [5.41, 5.74) is 0.845. The fourth-order valence-corrected chi connectivity index (χ4v) is 1.39. The van der Waals surface area contributed by atoms with E-state index < -0.39 is 5.97 Å². The molecule has 0 atom stereocenters. The Morgan fingerprint density at radius 3 is 2.88 bits per heavy atom. The van der Waals surface area contributed by atoms with E-state index in [0.717, 1.165) is 5.56 Å². The summed E-state index contributed by atoms with van der Waals surface area (Å²) < 4.78 is 5.09. The number of carbonyl (C=O) groups is 1. The summed E-state index contributed by atoms with van der Waals surface area (Å²) in [6.07, 6.45) is 0.458. The second-order valence-electron chi connectivity index (χ2n) is 3.64. The number of hydrogen-bond donors (Lipinski definition) is 1. The molecule has 1 aromatic rings. The standard InChI is InChI=1S/C11H14N2O3/c1-8-9(6-10(16-8)11(14)15)7-13(2)5-3-4-12/h6H,3,5,7H2,1-2H3,(H,14,15). The zero-order chi connectivity index (χ0) is 12.1. The van der Waals surface area contributed by atoms with E-state index in [-0.39, 0.29) is 5.76 Å². The van der Waals surface area contributed by atoms with E-state index in [1.165, 1.54) is 6.07 Å². The summed E-state index contributed by atoms with van der Waals surface area (Å²) in [6.45, 7) is 2.98. The second kappa shape index (κ2) is 5.33. The van der Waals surface area contributed by atoms with E-state index in [1.807, 2.05) is 11.9 Å². The Morgan fingerprint density at radius 2 is 2.38 bits per heavy atom. The third kappa shape index (κ3) is 3.11. The van der Waals surface area contributed by atoms with Gasteiger partial charge in [0.25, 0.3) is 0 Å². The van der Waals surface area contributed by atoms with Crippen LogP contribution in [0.4, 0.5) is 0 Å². The molecule has 0 aromatic carbocycles. The number of aromatic carboxylic acids is 1. The van der Waals surface area contributed by atoms with Gasteiger partial charge in [-0.1, -0.05) is 0 Å². The molecular weight excluding hydrogens is 208 g/mol. The minimum Gasteiger partial charge on any atom is -0.475 e. The van der Waals surface area contributed by atoms with Crippen molar-refractivity contribution in [3.63, 3.8) is 0 Å². The molecule has 86 valence electrons. The summed E-state index contributed by atoms with van der Waals surface area (Å²) in [7, 11) is 1.88. The molecule has 0 aliphatic carbocycles. The van der Waals surface area contributed by atoms with Gasteiger partial charge in [0.2, 0.25) is 5.76 Å². The van der Waals surface area contributed by atoms with Crippen LogP contribution in [0.5, 0.6) is 0 Å². The van der Waals surface area contributed by atoms with Crippen molar-refractivity contribution >= 4 is 5.97 Å². The number of furan rings is 1. The van der Waals surface area contributed by atoms with Gasteiger partial charge in [0.15, 0.2) is 0 Å². The first-order valence-electron chi connectivity index (χ1n) is 4.92. The molecule has 0 radical (unpaired) electrons. The lowest BCUT2D eigenvalue weighted by atomic mass is 10.2. The fraction of sp³-hybridized carbons (Fsp3) is 0.455. The highest BCUT2D eigenvalue weighted by Crippen LogP contribution is 2.16. The molecule has 5 nitrogen and oxygen atoms in total. The van der Waals surface area contributed by atoms with Crippen molar-refractivity contribution in [1.29, 1.82) is 5.26 Å². The molecule has 16 heavy (non-hydrogen) atoms. The van der Waals surface area contributed by atoms with Crippen LogP contribution in [0.25, 0.3) is 0 Å². The molecular formula is C11H14N2O3. The lowest BCUT2D eigenvalue weighted by molar-refractivity contribution is 0.0661. The van der Waals surface area contributed by atoms with Crippen LogP contribution >= 0.6 is 0 Å². The SMILES string of the molecule is Cc1oc(C(=O)O)cc1CN(C)CCC#N. The monoisotopic (exact) mass is 222 g/mol. The number of carboxylic acid groups (broad SMARTS) is 1. The quantitative estimate of drug-likeness (QED) is 0.819. The van der Waals surface area contributed by atoms with E-state index in [1.54, 1.807) is 6.92 Å². The van der Waals surface area contributed by atoms with Crippen molar-refractivity contribution in [2.24, 2.45) is 0 Å². The molecule has 5 heteroatoms. The normalized spacial score (nSPS) is 10.4. The van der Waals surface area contributed by atoms with Gasteiger partial charge in [0.1, 0.15) is 5.76 Å². The Hall–Kier alpha value is -1.80. The largest absolute Gasteiger partial charge is 0.475 e. The third-order valence-corrected chi connectivity index (χ3v) is 2.28. The van der Waals surface area contributed by atoms with E-state index in [9.17, 15) is 4.79 Å². The summed E-state index contributed by atoms with van der Waals surface area (Å²) in [4.78, 5) is 12.6. The highest BCUT2D eigenvalue weighted by atomic mass is 16.4. The van der Waals surface area contributed by atoms with Gasteiger partial charge in [0.05, 0.1) is 6.07 Å². The average Bonchev–Trinajstić information content (AvgIpc) is 2.57. The van der Waals surface area contributed by atoms with Gasteiger partial charge < -0.3 is 14.4 Å². The topological polar surface area (TPSA) is 77.5 Å². The van der Waals surface area contributed by atoms with E-state index in [4.69, 9.17) is 14.8 Å². The van der Waals surface area contributed by atoms with Crippen LogP contribution in [0.1, 0.15) is 28.3 Å².